The highest BCUT2D eigenvalue weighted by molar-refractivity contribution is 7.99. The van der Waals surface area contributed by atoms with Gasteiger partial charge < -0.3 is 4.42 Å². The van der Waals surface area contributed by atoms with Gasteiger partial charge in [-0.1, -0.05) is 25.1 Å². The summed E-state index contributed by atoms with van der Waals surface area (Å²) < 4.78 is 10.7. The van der Waals surface area contributed by atoms with Crippen LogP contribution in [-0.4, -0.2) is 10.5 Å². The van der Waals surface area contributed by atoms with Crippen molar-refractivity contribution in [3.05, 3.63) is 35.6 Å². The number of fused-ring (bicyclic) bond motifs is 1. The molecule has 2 rings (SSSR count). The summed E-state index contributed by atoms with van der Waals surface area (Å²) in [4.78, 5) is 0. The molecule has 1 aromatic carbocycles. The first-order chi connectivity index (χ1) is 8.92. The van der Waals surface area contributed by atoms with E-state index in [2.05, 4.69) is 44.2 Å². The van der Waals surface area contributed by atoms with Crippen LogP contribution in [0.25, 0.3) is 11.0 Å². The van der Waals surface area contributed by atoms with E-state index in [1.807, 2.05) is 19.1 Å². The van der Waals surface area contributed by atoms with Crippen molar-refractivity contribution < 1.29 is 4.42 Å². The van der Waals surface area contributed by atoms with Crippen LogP contribution < -0.4 is 0 Å². The molecule has 0 N–H and O–H groups in total. The summed E-state index contributed by atoms with van der Waals surface area (Å²) in [6.07, 6.45) is 0.958. The topological polar surface area (TPSA) is 25.5 Å². The molecule has 0 aliphatic rings. The Morgan fingerprint density at radius 2 is 1.95 bits per heavy atom. The van der Waals surface area contributed by atoms with Crippen LogP contribution in [0.2, 0.25) is 0 Å². The summed E-state index contributed by atoms with van der Waals surface area (Å²) >= 11 is 1.59. The zero-order chi connectivity index (χ0) is 14.0. The van der Waals surface area contributed by atoms with E-state index in [0.717, 1.165) is 23.5 Å². The number of hydrogen-bond acceptors (Lipinski definition) is 3. The van der Waals surface area contributed by atoms with Gasteiger partial charge in [-0.15, -0.1) is 0 Å². The molecule has 1 aromatic heterocycles. The van der Waals surface area contributed by atoms with Crippen molar-refractivity contribution in [2.24, 2.45) is 4.40 Å². The van der Waals surface area contributed by atoms with Crippen molar-refractivity contribution in [1.82, 2.24) is 0 Å². The Bertz CT molecular complexity index is 605. The molecular weight excluding hydrogens is 254 g/mol. The molecule has 0 saturated carbocycles. The van der Waals surface area contributed by atoms with E-state index in [9.17, 15) is 0 Å². The van der Waals surface area contributed by atoms with Gasteiger partial charge in [-0.3, -0.25) is 0 Å². The second-order valence-corrected chi connectivity index (χ2v) is 7.23. The van der Waals surface area contributed by atoms with Crippen molar-refractivity contribution in [3.63, 3.8) is 0 Å². The second kappa shape index (κ2) is 5.41. The van der Waals surface area contributed by atoms with E-state index in [1.54, 1.807) is 11.9 Å². The lowest BCUT2D eigenvalue weighted by atomic mass is 10.1. The Kier molecular flexibility index (Phi) is 4.04. The maximum Gasteiger partial charge on any atom is 0.153 e. The summed E-state index contributed by atoms with van der Waals surface area (Å²) in [7, 11) is 0. The van der Waals surface area contributed by atoms with E-state index < -0.39 is 0 Å². The monoisotopic (exact) mass is 275 g/mol. The van der Waals surface area contributed by atoms with Gasteiger partial charge in [-0.25, -0.2) is 4.40 Å². The fraction of sp³-hybridized carbons (Fsp3) is 0.438. The highest BCUT2D eigenvalue weighted by Crippen LogP contribution is 2.29. The quantitative estimate of drug-likeness (QED) is 0.564. The van der Waals surface area contributed by atoms with Crippen LogP contribution in [0.3, 0.4) is 0 Å². The minimum absolute atomic E-state index is 0.125. The molecule has 3 heteroatoms. The molecule has 0 radical (unpaired) electrons. The van der Waals surface area contributed by atoms with Crippen LogP contribution in [0.15, 0.2) is 33.1 Å². The fourth-order valence-electron chi connectivity index (χ4n) is 1.99. The lowest BCUT2D eigenvalue weighted by Crippen LogP contribution is -2.06. The van der Waals surface area contributed by atoms with Gasteiger partial charge in [0.15, 0.2) is 5.76 Å². The van der Waals surface area contributed by atoms with Crippen molar-refractivity contribution in [1.29, 1.82) is 0 Å². The van der Waals surface area contributed by atoms with E-state index in [4.69, 9.17) is 4.42 Å². The van der Waals surface area contributed by atoms with E-state index in [0.29, 0.717) is 0 Å². The number of aryl methyl sites for hydroxylation is 1. The molecule has 102 valence electrons. The number of nitrogens with zero attached hydrogens (tertiary/aromatic N) is 1. The van der Waals surface area contributed by atoms with Crippen molar-refractivity contribution in [2.45, 2.75) is 45.8 Å². The minimum Gasteiger partial charge on any atom is -0.454 e. The minimum atomic E-state index is 0.125. The van der Waals surface area contributed by atoms with Crippen molar-refractivity contribution in [3.8, 4) is 0 Å². The van der Waals surface area contributed by atoms with Gasteiger partial charge in [0.1, 0.15) is 5.58 Å². The first kappa shape index (κ1) is 14.2. The Hall–Kier alpha value is -1.22. The molecule has 1 heterocycles. The van der Waals surface area contributed by atoms with Crippen LogP contribution in [-0.2, 0) is 6.42 Å². The Morgan fingerprint density at radius 3 is 2.58 bits per heavy atom. The van der Waals surface area contributed by atoms with Crippen LogP contribution in [0.5, 0.6) is 0 Å². The molecule has 0 unspecified atom stereocenters. The summed E-state index contributed by atoms with van der Waals surface area (Å²) in [5.41, 5.74) is 3.17. The fourth-order valence-corrected chi connectivity index (χ4v) is 2.48. The van der Waals surface area contributed by atoms with Gasteiger partial charge in [0.05, 0.1) is 5.71 Å². The number of rotatable bonds is 3. The van der Waals surface area contributed by atoms with Crippen LogP contribution in [0.4, 0.5) is 0 Å². The first-order valence-electron chi connectivity index (χ1n) is 6.66. The average molecular weight is 275 g/mol. The molecule has 2 aromatic rings. The highest BCUT2D eigenvalue weighted by Gasteiger charge is 2.16. The molecule has 0 aliphatic heterocycles. The van der Waals surface area contributed by atoms with Crippen LogP contribution in [0, 0.1) is 0 Å². The molecule has 0 atom stereocenters. The number of para-hydroxylation sites is 1. The van der Waals surface area contributed by atoms with Gasteiger partial charge in [0.2, 0.25) is 0 Å². The molecule has 0 saturated heterocycles. The van der Waals surface area contributed by atoms with E-state index >= 15 is 0 Å². The van der Waals surface area contributed by atoms with Gasteiger partial charge in [-0.05, 0) is 52.1 Å². The molecule has 0 fully saturated rings. The third-order valence-electron chi connectivity index (χ3n) is 2.84. The van der Waals surface area contributed by atoms with Crippen molar-refractivity contribution in [2.75, 3.05) is 0 Å². The Morgan fingerprint density at radius 1 is 1.26 bits per heavy atom. The summed E-state index contributed by atoms with van der Waals surface area (Å²) in [6.45, 7) is 10.7. The molecule has 0 aliphatic carbocycles. The van der Waals surface area contributed by atoms with Gasteiger partial charge in [0.25, 0.3) is 0 Å². The van der Waals surface area contributed by atoms with Crippen molar-refractivity contribution >= 4 is 28.6 Å². The second-order valence-electron chi connectivity index (χ2n) is 5.64. The molecule has 2 nitrogen and oxygen atoms in total. The number of benzene rings is 1. The van der Waals surface area contributed by atoms with Gasteiger partial charge in [0, 0.05) is 15.7 Å². The zero-order valence-corrected chi connectivity index (χ0v) is 13.1. The summed E-state index contributed by atoms with van der Waals surface area (Å²) in [5, 5.41) is 1.20. The normalized spacial score (nSPS) is 13.2. The van der Waals surface area contributed by atoms with E-state index in [-0.39, 0.29) is 4.75 Å². The number of furan rings is 1. The van der Waals surface area contributed by atoms with Crippen LogP contribution >= 0.6 is 11.9 Å². The Balaban J connectivity index is 2.44. The third-order valence-corrected chi connectivity index (χ3v) is 3.75. The smallest absolute Gasteiger partial charge is 0.153 e. The maximum atomic E-state index is 5.97. The molecule has 0 amide bonds. The predicted molar refractivity (Wildman–Crippen MR) is 85.1 cm³/mol. The Labute approximate surface area is 119 Å². The van der Waals surface area contributed by atoms with Crippen LogP contribution in [0.1, 0.15) is 45.9 Å². The zero-order valence-electron chi connectivity index (χ0n) is 12.3. The average Bonchev–Trinajstić information content (AvgIpc) is 2.73. The van der Waals surface area contributed by atoms with Gasteiger partial charge >= 0.3 is 0 Å². The molecular formula is C16H21NOS. The maximum absolute atomic E-state index is 5.97. The summed E-state index contributed by atoms with van der Waals surface area (Å²) in [5.74, 6) is 0.931. The largest absolute Gasteiger partial charge is 0.454 e. The first-order valence-corrected chi connectivity index (χ1v) is 7.43. The SMILES string of the molecule is CCc1c(C(C)=NSC(C)(C)C)oc2ccccc12. The lowest BCUT2D eigenvalue weighted by Gasteiger charge is -2.13. The molecule has 0 spiro atoms. The predicted octanol–water partition coefficient (Wildman–Crippen LogP) is 5.25. The number of hydrogen-bond donors (Lipinski definition) is 0. The molecule has 0 bridgehead atoms. The standard InChI is InChI=1S/C16H21NOS/c1-6-12-13-9-7-8-10-14(13)18-15(12)11(2)17-19-16(3,4)5/h7-10H,6H2,1-5H3. The van der Waals surface area contributed by atoms with Gasteiger partial charge in [-0.2, -0.15) is 0 Å². The van der Waals surface area contributed by atoms with E-state index in [1.165, 1.54) is 10.9 Å². The molecule has 19 heavy (non-hydrogen) atoms. The lowest BCUT2D eigenvalue weighted by molar-refractivity contribution is 0.599. The third kappa shape index (κ3) is 3.21. The highest BCUT2D eigenvalue weighted by atomic mass is 32.2. The summed E-state index contributed by atoms with van der Waals surface area (Å²) in [6, 6.07) is 8.19.